The van der Waals surface area contributed by atoms with Crippen molar-refractivity contribution in [3.8, 4) is 5.75 Å². The topological polar surface area (TPSA) is 44.5 Å². The van der Waals surface area contributed by atoms with Gasteiger partial charge in [-0.1, -0.05) is 6.07 Å². The molecule has 1 aromatic rings. The summed E-state index contributed by atoms with van der Waals surface area (Å²) < 4.78 is 23.0. The minimum atomic E-state index is -0.386. The van der Waals surface area contributed by atoms with Crippen molar-refractivity contribution in [2.24, 2.45) is 5.73 Å². The van der Waals surface area contributed by atoms with Crippen LogP contribution in [0.4, 0.5) is 4.39 Å². The van der Waals surface area contributed by atoms with Crippen LogP contribution in [-0.4, -0.2) is 20.8 Å². The molecule has 0 radical (unpaired) electrons. The molecule has 0 saturated carbocycles. The summed E-state index contributed by atoms with van der Waals surface area (Å²) in [5.41, 5.74) is 6.30. The Hall–Kier alpha value is -1.13. The first kappa shape index (κ1) is 10.9. The molecule has 0 saturated heterocycles. The van der Waals surface area contributed by atoms with Crippen molar-refractivity contribution in [2.75, 3.05) is 20.8 Å². The molecule has 0 fully saturated rings. The van der Waals surface area contributed by atoms with Crippen LogP contribution in [0.1, 0.15) is 11.7 Å². The molecule has 78 valence electrons. The molecule has 0 bridgehead atoms. The smallest absolute Gasteiger partial charge is 0.165 e. The maximum absolute atomic E-state index is 13.0. The number of methoxy groups -OCH3 is 2. The summed E-state index contributed by atoms with van der Waals surface area (Å²) in [5, 5.41) is 0. The van der Waals surface area contributed by atoms with Gasteiger partial charge >= 0.3 is 0 Å². The monoisotopic (exact) mass is 199 g/mol. The van der Waals surface area contributed by atoms with Crippen LogP contribution in [0.5, 0.6) is 5.75 Å². The summed E-state index contributed by atoms with van der Waals surface area (Å²) >= 11 is 0. The lowest BCUT2D eigenvalue weighted by Crippen LogP contribution is -2.14. The number of rotatable bonds is 4. The van der Waals surface area contributed by atoms with E-state index in [2.05, 4.69) is 0 Å². The molecular weight excluding hydrogens is 185 g/mol. The quantitative estimate of drug-likeness (QED) is 0.798. The van der Waals surface area contributed by atoms with Crippen LogP contribution in [0.25, 0.3) is 0 Å². The molecule has 4 heteroatoms. The first-order valence-electron chi connectivity index (χ1n) is 4.29. The van der Waals surface area contributed by atoms with Crippen LogP contribution in [0.2, 0.25) is 0 Å². The zero-order valence-electron chi connectivity index (χ0n) is 8.29. The Morgan fingerprint density at radius 1 is 1.43 bits per heavy atom. The van der Waals surface area contributed by atoms with E-state index in [1.165, 1.54) is 13.2 Å². The SMILES string of the molecule is COc1cc(C(CN)OC)ccc1F. The fourth-order valence-electron chi connectivity index (χ4n) is 1.25. The van der Waals surface area contributed by atoms with Gasteiger partial charge in [0.1, 0.15) is 0 Å². The van der Waals surface area contributed by atoms with Gasteiger partial charge in [0.15, 0.2) is 11.6 Å². The highest BCUT2D eigenvalue weighted by Crippen LogP contribution is 2.23. The van der Waals surface area contributed by atoms with E-state index in [0.29, 0.717) is 6.54 Å². The summed E-state index contributed by atoms with van der Waals surface area (Å²) in [7, 11) is 2.99. The average molecular weight is 199 g/mol. The normalized spacial score (nSPS) is 12.6. The molecule has 1 unspecified atom stereocenters. The fraction of sp³-hybridized carbons (Fsp3) is 0.400. The molecule has 2 N–H and O–H groups in total. The van der Waals surface area contributed by atoms with Gasteiger partial charge in [-0.05, 0) is 17.7 Å². The maximum atomic E-state index is 13.0. The third kappa shape index (κ3) is 2.21. The lowest BCUT2D eigenvalue weighted by atomic mass is 10.1. The summed E-state index contributed by atoms with van der Waals surface area (Å²) in [5.74, 6) is -0.180. The van der Waals surface area contributed by atoms with Crippen LogP contribution in [0, 0.1) is 5.82 Å². The highest BCUT2D eigenvalue weighted by molar-refractivity contribution is 5.31. The summed E-state index contributed by atoms with van der Waals surface area (Å²) in [4.78, 5) is 0. The van der Waals surface area contributed by atoms with E-state index >= 15 is 0 Å². The maximum Gasteiger partial charge on any atom is 0.165 e. The van der Waals surface area contributed by atoms with E-state index < -0.39 is 0 Å². The van der Waals surface area contributed by atoms with Gasteiger partial charge in [-0.15, -0.1) is 0 Å². The van der Waals surface area contributed by atoms with Crippen LogP contribution in [-0.2, 0) is 4.74 Å². The molecule has 0 amide bonds. The minimum absolute atomic E-state index is 0.206. The molecule has 0 aromatic heterocycles. The Labute approximate surface area is 82.6 Å². The number of hydrogen-bond acceptors (Lipinski definition) is 3. The van der Waals surface area contributed by atoms with Crippen molar-refractivity contribution in [3.63, 3.8) is 0 Å². The van der Waals surface area contributed by atoms with E-state index in [-0.39, 0.29) is 17.7 Å². The van der Waals surface area contributed by atoms with Gasteiger partial charge in [0, 0.05) is 13.7 Å². The fourth-order valence-corrected chi connectivity index (χ4v) is 1.25. The van der Waals surface area contributed by atoms with Crippen molar-refractivity contribution >= 4 is 0 Å². The molecular formula is C10H14FNO2. The van der Waals surface area contributed by atoms with Crippen LogP contribution >= 0.6 is 0 Å². The molecule has 0 heterocycles. The van der Waals surface area contributed by atoms with Crippen molar-refractivity contribution in [1.82, 2.24) is 0 Å². The number of hydrogen-bond donors (Lipinski definition) is 1. The van der Waals surface area contributed by atoms with Crippen molar-refractivity contribution < 1.29 is 13.9 Å². The van der Waals surface area contributed by atoms with E-state index in [9.17, 15) is 4.39 Å². The minimum Gasteiger partial charge on any atom is -0.494 e. The van der Waals surface area contributed by atoms with Gasteiger partial charge in [0.2, 0.25) is 0 Å². The summed E-state index contributed by atoms with van der Waals surface area (Å²) in [6, 6.07) is 4.57. The van der Waals surface area contributed by atoms with E-state index in [4.69, 9.17) is 15.2 Å². The van der Waals surface area contributed by atoms with E-state index in [0.717, 1.165) is 5.56 Å². The number of nitrogens with two attached hydrogens (primary N) is 1. The molecule has 0 spiro atoms. The highest BCUT2D eigenvalue weighted by atomic mass is 19.1. The Bertz CT molecular complexity index is 300. The zero-order chi connectivity index (χ0) is 10.6. The predicted octanol–water partition coefficient (Wildman–Crippen LogP) is 1.48. The largest absolute Gasteiger partial charge is 0.494 e. The Kier molecular flexibility index (Phi) is 3.85. The highest BCUT2D eigenvalue weighted by Gasteiger charge is 2.11. The van der Waals surface area contributed by atoms with Crippen molar-refractivity contribution in [1.29, 1.82) is 0 Å². The lowest BCUT2D eigenvalue weighted by molar-refractivity contribution is 0.110. The average Bonchev–Trinajstić information content (AvgIpc) is 2.22. The number of ether oxygens (including phenoxy) is 2. The van der Waals surface area contributed by atoms with Crippen molar-refractivity contribution in [3.05, 3.63) is 29.6 Å². The molecule has 1 rings (SSSR count). The van der Waals surface area contributed by atoms with E-state index in [1.807, 2.05) is 0 Å². The van der Waals surface area contributed by atoms with Gasteiger partial charge in [0.05, 0.1) is 13.2 Å². The Morgan fingerprint density at radius 2 is 2.14 bits per heavy atom. The van der Waals surface area contributed by atoms with E-state index in [1.54, 1.807) is 19.2 Å². The Balaban J connectivity index is 2.98. The van der Waals surface area contributed by atoms with Gasteiger partial charge < -0.3 is 15.2 Å². The molecule has 14 heavy (non-hydrogen) atoms. The summed E-state index contributed by atoms with van der Waals surface area (Å²) in [6.45, 7) is 0.352. The summed E-state index contributed by atoms with van der Waals surface area (Å²) in [6.07, 6.45) is -0.218. The predicted molar refractivity (Wildman–Crippen MR) is 51.8 cm³/mol. The number of halogens is 1. The van der Waals surface area contributed by atoms with Crippen LogP contribution < -0.4 is 10.5 Å². The third-order valence-electron chi connectivity index (χ3n) is 2.05. The first-order chi connectivity index (χ1) is 6.72. The molecule has 1 aromatic carbocycles. The van der Waals surface area contributed by atoms with Crippen molar-refractivity contribution in [2.45, 2.75) is 6.10 Å². The van der Waals surface area contributed by atoms with Gasteiger partial charge in [0.25, 0.3) is 0 Å². The van der Waals surface area contributed by atoms with Crippen LogP contribution in [0.3, 0.4) is 0 Å². The zero-order valence-corrected chi connectivity index (χ0v) is 8.29. The standard InChI is InChI=1S/C10H14FNO2/c1-13-9-5-7(3-4-8(9)11)10(6-12)14-2/h3-5,10H,6,12H2,1-2H3. The second kappa shape index (κ2) is 4.93. The second-order valence-electron chi connectivity index (χ2n) is 2.85. The van der Waals surface area contributed by atoms with Crippen LogP contribution in [0.15, 0.2) is 18.2 Å². The first-order valence-corrected chi connectivity index (χ1v) is 4.29. The van der Waals surface area contributed by atoms with Gasteiger partial charge in [-0.3, -0.25) is 0 Å². The second-order valence-corrected chi connectivity index (χ2v) is 2.85. The number of benzene rings is 1. The van der Waals surface area contributed by atoms with Gasteiger partial charge in [-0.25, -0.2) is 4.39 Å². The van der Waals surface area contributed by atoms with Gasteiger partial charge in [-0.2, -0.15) is 0 Å². The Morgan fingerprint density at radius 3 is 2.64 bits per heavy atom. The molecule has 0 aliphatic carbocycles. The molecule has 0 aliphatic rings. The lowest BCUT2D eigenvalue weighted by Gasteiger charge is -2.14. The third-order valence-corrected chi connectivity index (χ3v) is 2.05. The molecule has 0 aliphatic heterocycles. The molecule has 3 nitrogen and oxygen atoms in total. The molecule has 1 atom stereocenters.